The van der Waals surface area contributed by atoms with Crippen LogP contribution in [0.2, 0.25) is 0 Å². The molecule has 0 aromatic heterocycles. The number of anilines is 1. The molecule has 2 saturated heterocycles. The fourth-order valence-electron chi connectivity index (χ4n) is 2.77. The number of hydrogen-bond donors (Lipinski definition) is 1. The molecule has 1 aromatic carbocycles. The summed E-state index contributed by atoms with van der Waals surface area (Å²) in [5.74, 6) is 2.92. The standard InChI is InChI=1S/C15H21N3O2S/c1-20-13-4-2-3-12(9-13)17-5-7-18(8-6-17)15(19)14-10-21-11-16-14/h2-4,9,14,16H,5-8,10-11H2,1H3. The van der Waals surface area contributed by atoms with Crippen molar-refractivity contribution in [2.75, 3.05) is 49.8 Å². The van der Waals surface area contributed by atoms with E-state index >= 15 is 0 Å². The van der Waals surface area contributed by atoms with Crippen molar-refractivity contribution in [3.05, 3.63) is 24.3 Å². The zero-order valence-electron chi connectivity index (χ0n) is 12.2. The SMILES string of the molecule is COc1cccc(N2CCN(C(=O)C3CSCN3)CC2)c1. The van der Waals surface area contributed by atoms with E-state index in [1.54, 1.807) is 18.9 Å². The first kappa shape index (κ1) is 14.5. The minimum atomic E-state index is 0.0124. The van der Waals surface area contributed by atoms with Crippen LogP contribution in [0.4, 0.5) is 5.69 Å². The van der Waals surface area contributed by atoms with E-state index in [2.05, 4.69) is 16.3 Å². The second-order valence-electron chi connectivity index (χ2n) is 5.29. The Balaban J connectivity index is 1.58. The molecule has 1 aromatic rings. The van der Waals surface area contributed by atoms with Crippen LogP contribution < -0.4 is 15.0 Å². The number of benzene rings is 1. The zero-order valence-corrected chi connectivity index (χ0v) is 13.1. The van der Waals surface area contributed by atoms with Gasteiger partial charge in [-0.3, -0.25) is 10.1 Å². The van der Waals surface area contributed by atoms with Crippen LogP contribution in [0.5, 0.6) is 5.75 Å². The molecular formula is C15H21N3O2S. The van der Waals surface area contributed by atoms with Crippen LogP contribution in [-0.4, -0.2) is 61.8 Å². The highest BCUT2D eigenvalue weighted by Gasteiger charge is 2.29. The summed E-state index contributed by atoms with van der Waals surface area (Å²) in [6, 6.07) is 8.11. The minimum Gasteiger partial charge on any atom is -0.497 e. The highest BCUT2D eigenvalue weighted by molar-refractivity contribution is 7.99. The van der Waals surface area contributed by atoms with Crippen molar-refractivity contribution in [2.45, 2.75) is 6.04 Å². The fourth-order valence-corrected chi connectivity index (χ4v) is 3.70. The third-order valence-electron chi connectivity index (χ3n) is 4.02. The summed E-state index contributed by atoms with van der Waals surface area (Å²) >= 11 is 1.79. The normalized spacial score (nSPS) is 22.4. The Morgan fingerprint density at radius 2 is 2.14 bits per heavy atom. The van der Waals surface area contributed by atoms with Crippen LogP contribution in [0.25, 0.3) is 0 Å². The maximum Gasteiger partial charge on any atom is 0.240 e. The second-order valence-corrected chi connectivity index (χ2v) is 6.32. The van der Waals surface area contributed by atoms with Crippen LogP contribution in [0.1, 0.15) is 0 Å². The van der Waals surface area contributed by atoms with E-state index in [0.29, 0.717) is 0 Å². The van der Waals surface area contributed by atoms with Crippen LogP contribution >= 0.6 is 11.8 Å². The number of nitrogens with one attached hydrogen (secondary N) is 1. The number of ether oxygens (including phenoxy) is 1. The van der Waals surface area contributed by atoms with Gasteiger partial charge in [0, 0.05) is 49.6 Å². The van der Waals surface area contributed by atoms with Gasteiger partial charge in [0.05, 0.1) is 13.2 Å². The third kappa shape index (κ3) is 3.27. The Bertz CT molecular complexity index is 497. The van der Waals surface area contributed by atoms with Crippen LogP contribution in [0.15, 0.2) is 24.3 Å². The number of carbonyl (C=O) groups is 1. The number of carbonyl (C=O) groups excluding carboxylic acids is 1. The molecule has 3 rings (SSSR count). The van der Waals surface area contributed by atoms with Gasteiger partial charge < -0.3 is 14.5 Å². The number of rotatable bonds is 3. The molecule has 114 valence electrons. The number of thioether (sulfide) groups is 1. The zero-order chi connectivity index (χ0) is 14.7. The van der Waals surface area contributed by atoms with Gasteiger partial charge in [0.25, 0.3) is 0 Å². The van der Waals surface area contributed by atoms with Crippen LogP contribution in [0, 0.1) is 0 Å². The topological polar surface area (TPSA) is 44.8 Å². The quantitative estimate of drug-likeness (QED) is 0.903. The van der Waals surface area contributed by atoms with Crippen molar-refractivity contribution in [1.82, 2.24) is 10.2 Å². The number of nitrogens with zero attached hydrogens (tertiary/aromatic N) is 2. The number of piperazine rings is 1. The molecule has 0 radical (unpaired) electrons. The summed E-state index contributed by atoms with van der Waals surface area (Å²) in [5.41, 5.74) is 1.16. The van der Waals surface area contributed by atoms with E-state index in [-0.39, 0.29) is 11.9 Å². The summed E-state index contributed by atoms with van der Waals surface area (Å²) in [5, 5.41) is 3.25. The Morgan fingerprint density at radius 1 is 1.33 bits per heavy atom. The highest BCUT2D eigenvalue weighted by Crippen LogP contribution is 2.22. The summed E-state index contributed by atoms with van der Waals surface area (Å²) < 4.78 is 5.27. The molecule has 21 heavy (non-hydrogen) atoms. The molecule has 2 heterocycles. The second kappa shape index (κ2) is 6.58. The van der Waals surface area contributed by atoms with Gasteiger partial charge in [-0.15, -0.1) is 11.8 Å². The molecule has 1 N–H and O–H groups in total. The molecule has 6 heteroatoms. The average molecular weight is 307 g/mol. The Labute approximate surface area is 129 Å². The largest absolute Gasteiger partial charge is 0.497 e. The number of methoxy groups -OCH3 is 1. The van der Waals surface area contributed by atoms with Gasteiger partial charge in [-0.05, 0) is 12.1 Å². The lowest BCUT2D eigenvalue weighted by Gasteiger charge is -2.37. The van der Waals surface area contributed by atoms with Crippen LogP contribution in [-0.2, 0) is 4.79 Å². The Hall–Kier alpha value is -1.40. The van der Waals surface area contributed by atoms with Crippen molar-refractivity contribution in [3.8, 4) is 5.75 Å². The summed E-state index contributed by atoms with van der Waals surface area (Å²) in [7, 11) is 1.68. The first-order valence-electron chi connectivity index (χ1n) is 7.27. The van der Waals surface area contributed by atoms with Gasteiger partial charge in [0.2, 0.25) is 5.91 Å². The Kier molecular flexibility index (Phi) is 4.55. The van der Waals surface area contributed by atoms with E-state index in [4.69, 9.17) is 4.74 Å². The molecule has 1 unspecified atom stereocenters. The molecule has 2 aliphatic heterocycles. The van der Waals surface area contributed by atoms with Crippen molar-refractivity contribution in [1.29, 1.82) is 0 Å². The molecule has 2 fully saturated rings. The molecule has 0 spiro atoms. The monoisotopic (exact) mass is 307 g/mol. The van der Waals surface area contributed by atoms with E-state index in [1.165, 1.54) is 0 Å². The molecule has 5 nitrogen and oxygen atoms in total. The van der Waals surface area contributed by atoms with Gasteiger partial charge in [-0.1, -0.05) is 6.07 Å². The van der Waals surface area contributed by atoms with Crippen molar-refractivity contribution < 1.29 is 9.53 Å². The summed E-state index contributed by atoms with van der Waals surface area (Å²) in [4.78, 5) is 16.7. The molecule has 1 atom stereocenters. The lowest BCUT2D eigenvalue weighted by molar-refractivity contribution is -0.132. The lowest BCUT2D eigenvalue weighted by atomic mass is 10.2. The van der Waals surface area contributed by atoms with E-state index < -0.39 is 0 Å². The van der Waals surface area contributed by atoms with Crippen LogP contribution in [0.3, 0.4) is 0 Å². The maximum absolute atomic E-state index is 12.4. The van der Waals surface area contributed by atoms with Gasteiger partial charge >= 0.3 is 0 Å². The molecular weight excluding hydrogens is 286 g/mol. The van der Waals surface area contributed by atoms with Crippen molar-refractivity contribution in [3.63, 3.8) is 0 Å². The molecule has 0 bridgehead atoms. The number of amides is 1. The predicted molar refractivity (Wildman–Crippen MR) is 86.0 cm³/mol. The number of hydrogen-bond acceptors (Lipinski definition) is 5. The van der Waals surface area contributed by atoms with Gasteiger partial charge in [0.1, 0.15) is 5.75 Å². The first-order chi connectivity index (χ1) is 10.3. The lowest BCUT2D eigenvalue weighted by Crippen LogP contribution is -2.53. The van der Waals surface area contributed by atoms with Crippen molar-refractivity contribution in [2.24, 2.45) is 0 Å². The van der Waals surface area contributed by atoms with Gasteiger partial charge in [0.15, 0.2) is 0 Å². The van der Waals surface area contributed by atoms with E-state index in [9.17, 15) is 4.79 Å². The first-order valence-corrected chi connectivity index (χ1v) is 8.42. The molecule has 2 aliphatic rings. The summed E-state index contributed by atoms with van der Waals surface area (Å²) in [6.07, 6.45) is 0. The van der Waals surface area contributed by atoms with E-state index in [0.717, 1.165) is 49.2 Å². The molecule has 0 saturated carbocycles. The average Bonchev–Trinajstić information content (AvgIpc) is 3.09. The highest BCUT2D eigenvalue weighted by atomic mass is 32.2. The van der Waals surface area contributed by atoms with E-state index in [1.807, 2.05) is 23.1 Å². The Morgan fingerprint density at radius 3 is 2.81 bits per heavy atom. The third-order valence-corrected chi connectivity index (χ3v) is 4.96. The minimum absolute atomic E-state index is 0.0124. The molecule has 0 aliphatic carbocycles. The fraction of sp³-hybridized carbons (Fsp3) is 0.533. The van der Waals surface area contributed by atoms with Gasteiger partial charge in [-0.2, -0.15) is 0 Å². The summed E-state index contributed by atoms with van der Waals surface area (Å²) in [6.45, 7) is 3.33. The maximum atomic E-state index is 12.4. The molecule has 1 amide bonds. The van der Waals surface area contributed by atoms with Crippen molar-refractivity contribution >= 4 is 23.4 Å². The predicted octanol–water partition coefficient (Wildman–Crippen LogP) is 1.01. The van der Waals surface area contributed by atoms with Gasteiger partial charge in [-0.25, -0.2) is 0 Å². The smallest absolute Gasteiger partial charge is 0.240 e.